The molecule has 1 aromatic heterocycles. The quantitative estimate of drug-likeness (QED) is 0.182. The highest BCUT2D eigenvalue weighted by atomic mass is 16.5. The van der Waals surface area contributed by atoms with E-state index in [1.165, 1.54) is 38.2 Å². The Morgan fingerprint density at radius 3 is 2.38 bits per heavy atom. The zero-order chi connectivity index (χ0) is 24.3. The van der Waals surface area contributed by atoms with Crippen LogP contribution in [-0.2, 0) is 4.79 Å². The molecule has 0 fully saturated rings. The van der Waals surface area contributed by atoms with Crippen LogP contribution in [0, 0.1) is 13.5 Å². The van der Waals surface area contributed by atoms with Gasteiger partial charge in [-0.25, -0.2) is 9.53 Å². The number of hydrogen-bond acceptors (Lipinski definition) is 3. The number of carbonyl (C=O) groups is 1. The summed E-state index contributed by atoms with van der Waals surface area (Å²) >= 11 is 0. The van der Waals surface area contributed by atoms with Gasteiger partial charge in [0.05, 0.1) is 24.6 Å². The minimum atomic E-state index is -1.26. The number of unbranched alkanes of at least 4 members (excludes halogenated alkanes) is 5. The number of aromatic nitrogens is 2. The lowest BCUT2D eigenvalue weighted by molar-refractivity contribution is -0.132. The SMILES string of the molecule is [C-]#[N+]/C(=C/c1cn(-c2ccc(C)cc2)nc1-c1ccc(OCCCCCCCC)cc1)C(=O)O. The van der Waals surface area contributed by atoms with E-state index in [9.17, 15) is 9.90 Å². The van der Waals surface area contributed by atoms with Gasteiger partial charge in [0.15, 0.2) is 0 Å². The molecule has 6 nitrogen and oxygen atoms in total. The first-order valence-corrected chi connectivity index (χ1v) is 11.7. The van der Waals surface area contributed by atoms with E-state index in [1.807, 2.05) is 55.5 Å². The maximum atomic E-state index is 11.4. The Labute approximate surface area is 201 Å². The summed E-state index contributed by atoms with van der Waals surface area (Å²) in [6, 6.07) is 15.5. The number of nitrogens with zero attached hydrogens (tertiary/aromatic N) is 3. The lowest BCUT2D eigenvalue weighted by Crippen LogP contribution is -1.97. The second-order valence-electron chi connectivity index (χ2n) is 8.30. The van der Waals surface area contributed by atoms with Crippen LogP contribution in [0.5, 0.6) is 5.75 Å². The van der Waals surface area contributed by atoms with Crippen molar-refractivity contribution in [2.45, 2.75) is 52.4 Å². The molecule has 0 radical (unpaired) electrons. The van der Waals surface area contributed by atoms with Crippen LogP contribution < -0.4 is 4.74 Å². The minimum absolute atomic E-state index is 0.358. The number of carboxylic acid groups (broad SMARTS) is 1. The van der Waals surface area contributed by atoms with Gasteiger partial charge in [-0.3, -0.25) is 4.79 Å². The van der Waals surface area contributed by atoms with Gasteiger partial charge in [0, 0.05) is 17.3 Å². The molecular formula is C28H31N3O3. The van der Waals surface area contributed by atoms with Gasteiger partial charge in [0.2, 0.25) is 0 Å². The van der Waals surface area contributed by atoms with Crippen molar-refractivity contribution in [3.63, 3.8) is 0 Å². The first-order chi connectivity index (χ1) is 16.5. The van der Waals surface area contributed by atoms with Crippen molar-refractivity contribution < 1.29 is 14.6 Å². The Balaban J connectivity index is 1.79. The molecule has 0 saturated carbocycles. The monoisotopic (exact) mass is 457 g/mol. The van der Waals surface area contributed by atoms with Crippen molar-refractivity contribution in [2.24, 2.45) is 0 Å². The van der Waals surface area contributed by atoms with Crippen molar-refractivity contribution >= 4 is 12.0 Å². The summed E-state index contributed by atoms with van der Waals surface area (Å²) in [5.74, 6) is -0.470. The molecule has 0 amide bonds. The molecule has 0 atom stereocenters. The van der Waals surface area contributed by atoms with E-state index in [2.05, 4.69) is 11.8 Å². The fourth-order valence-corrected chi connectivity index (χ4v) is 3.62. The lowest BCUT2D eigenvalue weighted by atomic mass is 10.1. The lowest BCUT2D eigenvalue weighted by Gasteiger charge is -2.07. The fourth-order valence-electron chi connectivity index (χ4n) is 3.62. The van der Waals surface area contributed by atoms with Gasteiger partial charge >= 0.3 is 5.97 Å². The zero-order valence-corrected chi connectivity index (χ0v) is 19.8. The highest BCUT2D eigenvalue weighted by Gasteiger charge is 2.15. The first kappa shape index (κ1) is 24.8. The minimum Gasteiger partial charge on any atom is -0.494 e. The summed E-state index contributed by atoms with van der Waals surface area (Å²) in [6.45, 7) is 12.1. The van der Waals surface area contributed by atoms with Gasteiger partial charge in [0.25, 0.3) is 5.70 Å². The molecule has 2 aromatic carbocycles. The normalized spacial score (nSPS) is 11.3. The average molecular weight is 458 g/mol. The van der Waals surface area contributed by atoms with Crippen LogP contribution in [0.3, 0.4) is 0 Å². The van der Waals surface area contributed by atoms with E-state index in [0.29, 0.717) is 17.9 Å². The maximum absolute atomic E-state index is 11.4. The molecule has 0 spiro atoms. The van der Waals surface area contributed by atoms with Crippen molar-refractivity contribution in [3.05, 3.63) is 83.0 Å². The van der Waals surface area contributed by atoms with Gasteiger partial charge < -0.3 is 9.84 Å². The molecule has 3 aromatic rings. The van der Waals surface area contributed by atoms with Gasteiger partial charge in [-0.05, 0) is 55.8 Å². The largest absolute Gasteiger partial charge is 0.494 e. The van der Waals surface area contributed by atoms with E-state index in [-0.39, 0.29) is 5.70 Å². The Morgan fingerprint density at radius 2 is 1.74 bits per heavy atom. The molecule has 6 heteroatoms. The molecule has 0 bridgehead atoms. The molecule has 0 aliphatic heterocycles. The number of aryl methyl sites for hydroxylation is 1. The van der Waals surface area contributed by atoms with Crippen LogP contribution in [0.4, 0.5) is 0 Å². The molecule has 0 aliphatic rings. The third-order valence-corrected chi connectivity index (χ3v) is 5.57. The summed E-state index contributed by atoms with van der Waals surface area (Å²) in [5.41, 5.74) is 3.61. The topological polar surface area (TPSA) is 68.7 Å². The van der Waals surface area contributed by atoms with Crippen LogP contribution in [0.15, 0.2) is 60.4 Å². The van der Waals surface area contributed by atoms with E-state index < -0.39 is 5.97 Å². The Morgan fingerprint density at radius 1 is 1.06 bits per heavy atom. The maximum Gasteiger partial charge on any atom is 0.333 e. The van der Waals surface area contributed by atoms with Crippen LogP contribution >= 0.6 is 0 Å². The summed E-state index contributed by atoms with van der Waals surface area (Å²) in [7, 11) is 0. The van der Waals surface area contributed by atoms with Crippen molar-refractivity contribution in [1.82, 2.24) is 9.78 Å². The van der Waals surface area contributed by atoms with Crippen molar-refractivity contribution in [2.75, 3.05) is 6.61 Å². The van der Waals surface area contributed by atoms with Crippen LogP contribution in [0.1, 0.15) is 56.6 Å². The molecule has 0 unspecified atom stereocenters. The average Bonchev–Trinajstić information content (AvgIpc) is 3.26. The molecular weight excluding hydrogens is 426 g/mol. The predicted molar refractivity (Wildman–Crippen MR) is 135 cm³/mol. The predicted octanol–water partition coefficient (Wildman–Crippen LogP) is 6.93. The second kappa shape index (κ2) is 12.4. The Kier molecular flexibility index (Phi) is 9.04. The molecule has 0 aliphatic carbocycles. The smallest absolute Gasteiger partial charge is 0.333 e. The number of carboxylic acids is 1. The molecule has 1 heterocycles. The summed E-state index contributed by atoms with van der Waals surface area (Å²) in [6.07, 6.45) is 10.4. The van der Waals surface area contributed by atoms with E-state index >= 15 is 0 Å². The van der Waals surface area contributed by atoms with E-state index in [4.69, 9.17) is 16.4 Å². The van der Waals surface area contributed by atoms with Crippen LogP contribution in [0.2, 0.25) is 0 Å². The van der Waals surface area contributed by atoms with Crippen LogP contribution in [-0.4, -0.2) is 27.5 Å². The third kappa shape index (κ3) is 6.82. The van der Waals surface area contributed by atoms with Crippen LogP contribution in [0.25, 0.3) is 27.9 Å². The zero-order valence-electron chi connectivity index (χ0n) is 19.8. The highest BCUT2D eigenvalue weighted by molar-refractivity contribution is 5.95. The first-order valence-electron chi connectivity index (χ1n) is 11.7. The number of ether oxygens (including phenoxy) is 1. The fraction of sp³-hybridized carbons (Fsp3) is 0.321. The molecule has 0 saturated heterocycles. The molecule has 3 rings (SSSR count). The van der Waals surface area contributed by atoms with Gasteiger partial charge in [-0.2, -0.15) is 5.10 Å². The Bertz CT molecular complexity index is 1150. The van der Waals surface area contributed by atoms with Crippen molar-refractivity contribution in [3.8, 4) is 22.7 Å². The second-order valence-corrected chi connectivity index (χ2v) is 8.30. The Hall–Kier alpha value is -3.85. The van der Waals surface area contributed by atoms with E-state index in [0.717, 1.165) is 29.0 Å². The van der Waals surface area contributed by atoms with Gasteiger partial charge in [-0.15, -0.1) is 0 Å². The molecule has 176 valence electrons. The number of benzene rings is 2. The van der Waals surface area contributed by atoms with Crippen molar-refractivity contribution in [1.29, 1.82) is 0 Å². The molecule has 1 N–H and O–H groups in total. The third-order valence-electron chi connectivity index (χ3n) is 5.57. The van der Waals surface area contributed by atoms with E-state index in [1.54, 1.807) is 10.9 Å². The summed E-state index contributed by atoms with van der Waals surface area (Å²) in [5, 5.41) is 14.0. The van der Waals surface area contributed by atoms with Gasteiger partial charge in [-0.1, -0.05) is 56.7 Å². The summed E-state index contributed by atoms with van der Waals surface area (Å²) in [4.78, 5) is 14.6. The number of aliphatic carboxylic acids is 1. The summed E-state index contributed by atoms with van der Waals surface area (Å²) < 4.78 is 7.58. The van der Waals surface area contributed by atoms with Gasteiger partial charge in [0.1, 0.15) is 5.75 Å². The standard InChI is InChI=1S/C28H31N3O3/c1-4-5-6-7-8-9-18-34-25-16-12-22(13-17-25)27-23(19-26(29-3)28(32)33)20-31(30-27)24-14-10-21(2)11-15-24/h10-17,19-20H,4-9,18H2,1-2H3,(H,32,33)/b26-19+. The highest BCUT2D eigenvalue weighted by Crippen LogP contribution is 2.28. The number of hydrogen-bond donors (Lipinski definition) is 1. The number of rotatable bonds is 12. The molecule has 34 heavy (non-hydrogen) atoms.